The highest BCUT2D eigenvalue weighted by molar-refractivity contribution is 5.92. The normalized spacial score (nSPS) is 17.5. The predicted molar refractivity (Wildman–Crippen MR) is 74.0 cm³/mol. The summed E-state index contributed by atoms with van der Waals surface area (Å²) in [5.74, 6) is 0.0812. The molecule has 0 aliphatic carbocycles. The fraction of sp³-hybridized carbons (Fsp3) is 0.692. The second kappa shape index (κ2) is 6.16. The molecule has 6 nitrogen and oxygen atoms in total. The van der Waals surface area contributed by atoms with Crippen LogP contribution in [0.4, 0.5) is 0 Å². The first kappa shape index (κ1) is 14.0. The van der Waals surface area contributed by atoms with E-state index >= 15 is 0 Å². The molecule has 0 aromatic carbocycles. The van der Waals surface area contributed by atoms with E-state index in [2.05, 4.69) is 10.00 Å². The van der Waals surface area contributed by atoms with Crippen molar-refractivity contribution in [1.29, 1.82) is 0 Å². The minimum atomic E-state index is 0.0812. The van der Waals surface area contributed by atoms with Gasteiger partial charge in [0, 0.05) is 39.8 Å². The number of carbonyl (C=O) groups is 1. The molecule has 0 unspecified atom stereocenters. The number of nitrogens with two attached hydrogens (primary N) is 1. The molecular weight excluding hydrogens is 242 g/mol. The zero-order chi connectivity index (χ0) is 13.8. The van der Waals surface area contributed by atoms with Crippen LogP contribution >= 0.6 is 0 Å². The Morgan fingerprint density at radius 3 is 2.79 bits per heavy atom. The summed E-state index contributed by atoms with van der Waals surface area (Å²) < 4.78 is 1.67. The zero-order valence-electron chi connectivity index (χ0n) is 11.8. The van der Waals surface area contributed by atoms with Crippen molar-refractivity contribution in [2.24, 2.45) is 12.8 Å². The fourth-order valence-corrected chi connectivity index (χ4v) is 2.55. The smallest absolute Gasteiger partial charge is 0.272 e. The van der Waals surface area contributed by atoms with E-state index in [0.717, 1.165) is 44.8 Å². The van der Waals surface area contributed by atoms with Gasteiger partial charge in [0.15, 0.2) is 0 Å². The van der Waals surface area contributed by atoms with Gasteiger partial charge in [0.25, 0.3) is 5.91 Å². The minimum Gasteiger partial charge on any atom is -0.336 e. The van der Waals surface area contributed by atoms with Gasteiger partial charge in [0.1, 0.15) is 5.69 Å². The highest BCUT2D eigenvalue weighted by Crippen LogP contribution is 2.10. The lowest BCUT2D eigenvalue weighted by molar-refractivity contribution is 0.0750. The molecule has 0 saturated carbocycles. The maximum absolute atomic E-state index is 12.5. The Bertz CT molecular complexity index is 442. The van der Waals surface area contributed by atoms with E-state index in [0.29, 0.717) is 12.2 Å². The minimum absolute atomic E-state index is 0.0812. The molecule has 19 heavy (non-hydrogen) atoms. The predicted octanol–water partition coefficient (Wildman–Crippen LogP) is -0.165. The number of rotatable bonds is 3. The van der Waals surface area contributed by atoms with Gasteiger partial charge in [-0.25, -0.2) is 0 Å². The first-order valence-electron chi connectivity index (χ1n) is 6.84. The maximum Gasteiger partial charge on any atom is 0.272 e. The van der Waals surface area contributed by atoms with Crippen molar-refractivity contribution >= 4 is 5.91 Å². The number of nitrogens with zero attached hydrogens (tertiary/aromatic N) is 4. The lowest BCUT2D eigenvalue weighted by Crippen LogP contribution is -2.37. The van der Waals surface area contributed by atoms with Crippen molar-refractivity contribution in [2.45, 2.75) is 13.3 Å². The molecule has 2 heterocycles. The molecule has 106 valence electrons. The number of aryl methyl sites for hydroxylation is 2. The largest absolute Gasteiger partial charge is 0.336 e. The van der Waals surface area contributed by atoms with Crippen LogP contribution in [0.1, 0.15) is 22.6 Å². The van der Waals surface area contributed by atoms with Crippen molar-refractivity contribution in [1.82, 2.24) is 19.6 Å². The molecule has 1 saturated heterocycles. The van der Waals surface area contributed by atoms with Crippen LogP contribution in [-0.4, -0.2) is 64.8 Å². The van der Waals surface area contributed by atoms with Gasteiger partial charge in [0.05, 0.1) is 5.69 Å². The summed E-state index contributed by atoms with van der Waals surface area (Å²) in [5, 5.41) is 4.24. The number of hydrogen-bond donors (Lipinski definition) is 1. The van der Waals surface area contributed by atoms with Gasteiger partial charge < -0.3 is 15.5 Å². The molecule has 0 radical (unpaired) electrons. The summed E-state index contributed by atoms with van der Waals surface area (Å²) >= 11 is 0. The van der Waals surface area contributed by atoms with Crippen molar-refractivity contribution < 1.29 is 4.79 Å². The van der Waals surface area contributed by atoms with E-state index in [1.54, 1.807) is 4.68 Å². The SMILES string of the molecule is Cc1cc(C(=O)N2CCCN(CCN)CC2)n(C)n1. The summed E-state index contributed by atoms with van der Waals surface area (Å²) in [6.45, 7) is 6.99. The summed E-state index contributed by atoms with van der Waals surface area (Å²) in [4.78, 5) is 16.7. The molecule has 1 fully saturated rings. The zero-order valence-corrected chi connectivity index (χ0v) is 11.8. The average molecular weight is 265 g/mol. The quantitative estimate of drug-likeness (QED) is 0.824. The first-order chi connectivity index (χ1) is 9.11. The van der Waals surface area contributed by atoms with Crippen LogP contribution in [0.2, 0.25) is 0 Å². The summed E-state index contributed by atoms with van der Waals surface area (Å²) in [5.41, 5.74) is 7.14. The number of hydrogen-bond acceptors (Lipinski definition) is 4. The van der Waals surface area contributed by atoms with Crippen LogP contribution < -0.4 is 5.73 Å². The van der Waals surface area contributed by atoms with Crippen LogP contribution in [0.5, 0.6) is 0 Å². The van der Waals surface area contributed by atoms with Crippen molar-refractivity contribution in [3.8, 4) is 0 Å². The molecule has 1 aliphatic heterocycles. The molecule has 1 aromatic rings. The number of aromatic nitrogens is 2. The fourth-order valence-electron chi connectivity index (χ4n) is 2.55. The summed E-state index contributed by atoms with van der Waals surface area (Å²) in [6, 6.07) is 1.85. The third-order valence-corrected chi connectivity index (χ3v) is 3.54. The Balaban J connectivity index is 2.02. The molecule has 2 rings (SSSR count). The monoisotopic (exact) mass is 265 g/mol. The molecule has 0 spiro atoms. The van der Waals surface area contributed by atoms with Gasteiger partial charge in [-0.05, 0) is 26.0 Å². The maximum atomic E-state index is 12.5. The van der Waals surface area contributed by atoms with Gasteiger partial charge >= 0.3 is 0 Å². The highest BCUT2D eigenvalue weighted by Gasteiger charge is 2.22. The van der Waals surface area contributed by atoms with Crippen LogP contribution in [0.25, 0.3) is 0 Å². The van der Waals surface area contributed by atoms with E-state index in [9.17, 15) is 4.79 Å². The van der Waals surface area contributed by atoms with E-state index in [-0.39, 0.29) is 5.91 Å². The highest BCUT2D eigenvalue weighted by atomic mass is 16.2. The van der Waals surface area contributed by atoms with Crippen LogP contribution in [0.3, 0.4) is 0 Å². The van der Waals surface area contributed by atoms with E-state index < -0.39 is 0 Å². The van der Waals surface area contributed by atoms with Crippen LogP contribution in [0, 0.1) is 6.92 Å². The Hall–Kier alpha value is -1.40. The molecule has 1 aliphatic rings. The van der Waals surface area contributed by atoms with Crippen LogP contribution in [0.15, 0.2) is 6.07 Å². The van der Waals surface area contributed by atoms with Gasteiger partial charge in [-0.3, -0.25) is 9.48 Å². The van der Waals surface area contributed by atoms with E-state index in [1.165, 1.54) is 0 Å². The van der Waals surface area contributed by atoms with Gasteiger partial charge in [-0.2, -0.15) is 5.10 Å². The van der Waals surface area contributed by atoms with Crippen molar-refractivity contribution in [3.63, 3.8) is 0 Å². The average Bonchev–Trinajstić information content (AvgIpc) is 2.59. The van der Waals surface area contributed by atoms with Crippen molar-refractivity contribution in [2.75, 3.05) is 39.3 Å². The standard InChI is InChI=1S/C13H23N5O/c1-11-10-12(16(2)15-11)13(19)18-6-3-5-17(7-4-14)8-9-18/h10H,3-9,14H2,1-2H3. The van der Waals surface area contributed by atoms with Crippen LogP contribution in [-0.2, 0) is 7.05 Å². The van der Waals surface area contributed by atoms with Gasteiger partial charge in [-0.15, -0.1) is 0 Å². The Kier molecular flexibility index (Phi) is 4.55. The number of amides is 1. The number of carbonyl (C=O) groups excluding carboxylic acids is 1. The van der Waals surface area contributed by atoms with E-state index in [1.807, 2.05) is 24.9 Å². The topological polar surface area (TPSA) is 67.4 Å². The third-order valence-electron chi connectivity index (χ3n) is 3.54. The van der Waals surface area contributed by atoms with Crippen molar-refractivity contribution in [3.05, 3.63) is 17.5 Å². The summed E-state index contributed by atoms with van der Waals surface area (Å²) in [7, 11) is 1.82. The lowest BCUT2D eigenvalue weighted by Gasteiger charge is -2.21. The summed E-state index contributed by atoms with van der Waals surface area (Å²) in [6.07, 6.45) is 1.00. The third kappa shape index (κ3) is 3.33. The molecule has 0 bridgehead atoms. The second-order valence-electron chi connectivity index (χ2n) is 5.07. The lowest BCUT2D eigenvalue weighted by atomic mass is 10.3. The molecule has 0 atom stereocenters. The van der Waals surface area contributed by atoms with Gasteiger partial charge in [0.2, 0.25) is 0 Å². The second-order valence-corrected chi connectivity index (χ2v) is 5.07. The Morgan fingerprint density at radius 1 is 1.37 bits per heavy atom. The molecule has 1 aromatic heterocycles. The first-order valence-corrected chi connectivity index (χ1v) is 6.84. The molecule has 6 heteroatoms. The van der Waals surface area contributed by atoms with E-state index in [4.69, 9.17) is 5.73 Å². The Labute approximate surface area is 114 Å². The molecule has 2 N–H and O–H groups in total. The molecular formula is C13H23N5O. The van der Waals surface area contributed by atoms with Gasteiger partial charge in [-0.1, -0.05) is 0 Å². The molecule has 1 amide bonds. The Morgan fingerprint density at radius 2 is 2.16 bits per heavy atom.